The fourth-order valence-corrected chi connectivity index (χ4v) is 1.26. The summed E-state index contributed by atoms with van der Waals surface area (Å²) in [4.78, 5) is 11.1. The van der Waals surface area contributed by atoms with E-state index >= 15 is 0 Å². The highest BCUT2D eigenvalue weighted by Gasteiger charge is 2.12. The molecule has 1 atom stereocenters. The van der Waals surface area contributed by atoms with Crippen LogP contribution >= 0.6 is 11.6 Å². The summed E-state index contributed by atoms with van der Waals surface area (Å²) < 4.78 is 0. The molecule has 0 aliphatic carbocycles. The molecule has 0 rings (SSSR count). The summed E-state index contributed by atoms with van der Waals surface area (Å²) in [5.74, 6) is 0.900. The molecular formula is C8H15ClO. The lowest BCUT2D eigenvalue weighted by Crippen LogP contribution is -2.14. The minimum Gasteiger partial charge on any atom is -0.299 e. The molecule has 0 fully saturated rings. The molecule has 0 spiro atoms. The van der Waals surface area contributed by atoms with E-state index in [4.69, 9.17) is 11.6 Å². The van der Waals surface area contributed by atoms with Gasteiger partial charge in [0.2, 0.25) is 0 Å². The first-order valence-corrected chi connectivity index (χ1v) is 4.38. The number of Topliss-reactive ketones (excluding diaryl/α,β-unsaturated/α-hetero) is 1. The van der Waals surface area contributed by atoms with Crippen LogP contribution in [-0.2, 0) is 4.79 Å². The van der Waals surface area contributed by atoms with Crippen LogP contribution in [0.2, 0.25) is 0 Å². The van der Waals surface area contributed by atoms with E-state index in [9.17, 15) is 4.79 Å². The first kappa shape index (κ1) is 9.96. The molecule has 1 unspecified atom stereocenters. The zero-order valence-corrected chi connectivity index (χ0v) is 7.45. The van der Waals surface area contributed by atoms with E-state index < -0.39 is 0 Å². The maximum absolute atomic E-state index is 11.1. The van der Waals surface area contributed by atoms with Gasteiger partial charge in [0.05, 0.1) is 0 Å². The van der Waals surface area contributed by atoms with E-state index in [0.717, 1.165) is 12.8 Å². The zero-order chi connectivity index (χ0) is 7.98. The van der Waals surface area contributed by atoms with Gasteiger partial charge in [-0.05, 0) is 12.8 Å². The Morgan fingerprint density at radius 2 is 2.10 bits per heavy atom. The van der Waals surface area contributed by atoms with Crippen LogP contribution in [0.3, 0.4) is 0 Å². The van der Waals surface area contributed by atoms with Crippen LogP contribution in [0.25, 0.3) is 0 Å². The maximum atomic E-state index is 11.1. The number of hydrogen-bond donors (Lipinski definition) is 0. The van der Waals surface area contributed by atoms with E-state index in [2.05, 4.69) is 0 Å². The quantitative estimate of drug-likeness (QED) is 0.568. The smallest absolute Gasteiger partial charge is 0.137 e. The molecule has 1 nitrogen and oxygen atoms in total. The number of halogens is 1. The number of rotatable bonds is 5. The Morgan fingerprint density at radius 3 is 2.40 bits per heavy atom. The first-order valence-electron chi connectivity index (χ1n) is 3.84. The topological polar surface area (TPSA) is 17.1 Å². The fourth-order valence-electron chi connectivity index (χ4n) is 0.873. The number of alkyl halides is 1. The van der Waals surface area contributed by atoms with Gasteiger partial charge in [0.1, 0.15) is 5.78 Å². The Bertz CT molecular complexity index is 97.4. The third-order valence-electron chi connectivity index (χ3n) is 1.63. The molecule has 0 heterocycles. The standard InChI is InChI=1S/C8H15ClO/c1-3-5-8(10)7(4-2)6-9/h7H,3-6H2,1-2H3. The molecule has 0 aromatic heterocycles. The molecule has 0 saturated carbocycles. The van der Waals surface area contributed by atoms with Crippen LogP contribution < -0.4 is 0 Å². The lowest BCUT2D eigenvalue weighted by Gasteiger charge is -2.07. The Labute approximate surface area is 67.8 Å². The van der Waals surface area contributed by atoms with Gasteiger partial charge in [-0.3, -0.25) is 4.79 Å². The Hall–Kier alpha value is -0.0400. The van der Waals surface area contributed by atoms with Crippen LogP contribution in [-0.4, -0.2) is 11.7 Å². The maximum Gasteiger partial charge on any atom is 0.137 e. The Morgan fingerprint density at radius 1 is 1.50 bits per heavy atom. The van der Waals surface area contributed by atoms with E-state index in [1.807, 2.05) is 13.8 Å². The molecular weight excluding hydrogens is 148 g/mol. The van der Waals surface area contributed by atoms with Crippen molar-refractivity contribution in [1.29, 1.82) is 0 Å². The van der Waals surface area contributed by atoms with Crippen molar-refractivity contribution in [2.75, 3.05) is 5.88 Å². The van der Waals surface area contributed by atoms with Crippen molar-refractivity contribution < 1.29 is 4.79 Å². The molecule has 0 aliphatic heterocycles. The van der Waals surface area contributed by atoms with E-state index in [0.29, 0.717) is 18.1 Å². The van der Waals surface area contributed by atoms with Crippen molar-refractivity contribution in [2.24, 2.45) is 5.92 Å². The van der Waals surface area contributed by atoms with Crippen LogP contribution in [0.4, 0.5) is 0 Å². The van der Waals surface area contributed by atoms with Crippen LogP contribution in [0.5, 0.6) is 0 Å². The first-order chi connectivity index (χ1) is 4.76. The van der Waals surface area contributed by atoms with Crippen molar-refractivity contribution in [3.63, 3.8) is 0 Å². The predicted molar refractivity (Wildman–Crippen MR) is 44.4 cm³/mol. The van der Waals surface area contributed by atoms with Crippen LogP contribution in [0, 0.1) is 5.92 Å². The molecule has 2 heteroatoms. The van der Waals surface area contributed by atoms with Gasteiger partial charge in [-0.15, -0.1) is 11.6 Å². The highest BCUT2D eigenvalue weighted by atomic mass is 35.5. The van der Waals surface area contributed by atoms with E-state index in [-0.39, 0.29) is 5.92 Å². The summed E-state index contributed by atoms with van der Waals surface area (Å²) in [5, 5.41) is 0. The van der Waals surface area contributed by atoms with Gasteiger partial charge in [-0.2, -0.15) is 0 Å². The molecule has 0 aromatic carbocycles. The molecule has 0 N–H and O–H groups in total. The van der Waals surface area contributed by atoms with Crippen molar-refractivity contribution in [1.82, 2.24) is 0 Å². The summed E-state index contributed by atoms with van der Waals surface area (Å²) in [7, 11) is 0. The highest BCUT2D eigenvalue weighted by molar-refractivity contribution is 6.19. The molecule has 0 aliphatic rings. The molecule has 0 radical (unpaired) electrons. The van der Waals surface area contributed by atoms with Crippen molar-refractivity contribution >= 4 is 17.4 Å². The minimum atomic E-state index is 0.0987. The molecule has 0 bridgehead atoms. The van der Waals surface area contributed by atoms with E-state index in [1.165, 1.54) is 0 Å². The average Bonchev–Trinajstić information content (AvgIpc) is 1.91. The van der Waals surface area contributed by atoms with E-state index in [1.54, 1.807) is 0 Å². The van der Waals surface area contributed by atoms with Gasteiger partial charge in [-0.25, -0.2) is 0 Å². The molecule has 0 aromatic rings. The second-order valence-electron chi connectivity index (χ2n) is 2.48. The Balaban J connectivity index is 3.65. The third kappa shape index (κ3) is 3.21. The van der Waals surface area contributed by atoms with Gasteiger partial charge in [0.15, 0.2) is 0 Å². The summed E-state index contributed by atoms with van der Waals surface area (Å²) >= 11 is 5.58. The number of carbonyl (C=O) groups excluding carboxylic acids is 1. The normalized spacial score (nSPS) is 13.1. The van der Waals surface area contributed by atoms with Crippen molar-refractivity contribution in [2.45, 2.75) is 33.1 Å². The Kier molecular flexibility index (Phi) is 5.70. The minimum absolute atomic E-state index is 0.0987. The fraction of sp³-hybridized carbons (Fsp3) is 0.875. The van der Waals surface area contributed by atoms with Gasteiger partial charge in [0, 0.05) is 18.2 Å². The van der Waals surface area contributed by atoms with Crippen molar-refractivity contribution in [3.05, 3.63) is 0 Å². The van der Waals surface area contributed by atoms with Gasteiger partial charge in [0.25, 0.3) is 0 Å². The molecule has 0 saturated heterocycles. The SMILES string of the molecule is CCCC(=O)C(CC)CCl. The summed E-state index contributed by atoms with van der Waals surface area (Å²) in [5.41, 5.74) is 0. The number of carbonyl (C=O) groups is 1. The monoisotopic (exact) mass is 162 g/mol. The van der Waals surface area contributed by atoms with Gasteiger partial charge in [-0.1, -0.05) is 13.8 Å². The molecule has 60 valence electrons. The number of hydrogen-bond acceptors (Lipinski definition) is 1. The van der Waals surface area contributed by atoms with Gasteiger partial charge >= 0.3 is 0 Å². The summed E-state index contributed by atoms with van der Waals surface area (Å²) in [6, 6.07) is 0. The van der Waals surface area contributed by atoms with Crippen molar-refractivity contribution in [3.8, 4) is 0 Å². The largest absolute Gasteiger partial charge is 0.299 e. The summed E-state index contributed by atoms with van der Waals surface area (Å²) in [6.45, 7) is 4.01. The second-order valence-corrected chi connectivity index (χ2v) is 2.78. The number of ketones is 1. The zero-order valence-electron chi connectivity index (χ0n) is 6.69. The second kappa shape index (κ2) is 5.72. The lowest BCUT2D eigenvalue weighted by atomic mass is 10.0. The average molecular weight is 163 g/mol. The summed E-state index contributed by atoms with van der Waals surface area (Å²) in [6.07, 6.45) is 2.50. The molecule has 10 heavy (non-hydrogen) atoms. The predicted octanol–water partition coefficient (Wildman–Crippen LogP) is 2.62. The highest BCUT2D eigenvalue weighted by Crippen LogP contribution is 2.09. The van der Waals surface area contributed by atoms with Gasteiger partial charge < -0.3 is 0 Å². The lowest BCUT2D eigenvalue weighted by molar-refractivity contribution is -0.122. The van der Waals surface area contributed by atoms with Crippen LogP contribution in [0.15, 0.2) is 0 Å². The third-order valence-corrected chi connectivity index (χ3v) is 2.00. The van der Waals surface area contributed by atoms with Crippen LogP contribution in [0.1, 0.15) is 33.1 Å². The molecule has 0 amide bonds.